The van der Waals surface area contributed by atoms with E-state index < -0.39 is 0 Å². The van der Waals surface area contributed by atoms with Crippen LogP contribution in [0, 0.1) is 5.92 Å². The van der Waals surface area contributed by atoms with Gasteiger partial charge in [-0.3, -0.25) is 4.79 Å². The van der Waals surface area contributed by atoms with Crippen LogP contribution in [-0.4, -0.2) is 68.5 Å². The van der Waals surface area contributed by atoms with Gasteiger partial charge in [-0.2, -0.15) is 0 Å². The van der Waals surface area contributed by atoms with E-state index in [4.69, 9.17) is 5.73 Å². The Morgan fingerprint density at radius 2 is 1.86 bits per heavy atom. The van der Waals surface area contributed by atoms with E-state index in [0.29, 0.717) is 23.2 Å². The van der Waals surface area contributed by atoms with Gasteiger partial charge in [0, 0.05) is 33.7 Å². The highest BCUT2D eigenvalue weighted by atomic mass is 32.1. The van der Waals surface area contributed by atoms with Gasteiger partial charge in [0.1, 0.15) is 10.7 Å². The van der Waals surface area contributed by atoms with Crippen LogP contribution in [0.2, 0.25) is 0 Å². The van der Waals surface area contributed by atoms with Crippen molar-refractivity contribution < 1.29 is 4.79 Å². The number of hydrogen-bond acceptors (Lipinski definition) is 6. The van der Waals surface area contributed by atoms with E-state index in [2.05, 4.69) is 23.7 Å². The van der Waals surface area contributed by atoms with Gasteiger partial charge in [0.05, 0.1) is 0 Å². The Hall–Kier alpha value is -1.34. The van der Waals surface area contributed by atoms with Gasteiger partial charge >= 0.3 is 0 Å². The fraction of sp³-hybridized carbons (Fsp3) is 0.714. The third kappa shape index (κ3) is 5.17. The summed E-state index contributed by atoms with van der Waals surface area (Å²) in [7, 11) is 7.79. The van der Waals surface area contributed by atoms with Crippen LogP contribution >= 0.6 is 11.3 Å². The lowest BCUT2D eigenvalue weighted by molar-refractivity contribution is 0.0730. The molecule has 120 valence electrons. The maximum atomic E-state index is 12.7. The molecule has 1 aromatic heterocycles. The molecule has 0 bridgehead atoms. The van der Waals surface area contributed by atoms with Crippen molar-refractivity contribution in [3.05, 3.63) is 4.88 Å². The molecule has 0 fully saturated rings. The number of rotatable bonds is 7. The average molecular weight is 313 g/mol. The molecule has 0 aliphatic carbocycles. The number of amides is 1. The van der Waals surface area contributed by atoms with E-state index in [1.165, 1.54) is 11.3 Å². The second-order valence-corrected chi connectivity index (χ2v) is 7.03. The van der Waals surface area contributed by atoms with E-state index in [9.17, 15) is 4.79 Å². The molecule has 2 N–H and O–H groups in total. The lowest BCUT2D eigenvalue weighted by Gasteiger charge is -2.25. The van der Waals surface area contributed by atoms with Crippen molar-refractivity contribution in [2.45, 2.75) is 13.8 Å². The Balaban J connectivity index is 2.93. The summed E-state index contributed by atoms with van der Waals surface area (Å²) in [4.78, 5) is 23.3. The number of nitrogen functional groups attached to an aromatic ring is 1. The maximum Gasteiger partial charge on any atom is 0.267 e. The van der Waals surface area contributed by atoms with Crippen LogP contribution in [0.5, 0.6) is 0 Å². The summed E-state index contributed by atoms with van der Waals surface area (Å²) in [5, 5.41) is 0.757. The number of likely N-dealkylation sites (N-methyl/N-ethyl adjacent to an activating group) is 1. The van der Waals surface area contributed by atoms with Gasteiger partial charge in [0.25, 0.3) is 5.91 Å². The van der Waals surface area contributed by atoms with Gasteiger partial charge in [-0.05, 0) is 20.0 Å². The summed E-state index contributed by atoms with van der Waals surface area (Å²) in [6.45, 7) is 6.46. The van der Waals surface area contributed by atoms with Gasteiger partial charge in [-0.1, -0.05) is 25.2 Å². The normalized spacial score (nSPS) is 11.2. The third-order valence-corrected chi connectivity index (χ3v) is 4.14. The van der Waals surface area contributed by atoms with E-state index in [0.717, 1.165) is 18.2 Å². The Kier molecular flexibility index (Phi) is 6.42. The second kappa shape index (κ2) is 7.61. The zero-order valence-corrected chi connectivity index (χ0v) is 14.7. The summed E-state index contributed by atoms with van der Waals surface area (Å²) in [5.41, 5.74) is 5.92. The van der Waals surface area contributed by atoms with Gasteiger partial charge in [-0.25, -0.2) is 4.98 Å². The highest BCUT2D eigenvalue weighted by Gasteiger charge is 2.23. The molecule has 0 spiro atoms. The zero-order valence-electron chi connectivity index (χ0n) is 13.9. The number of thiazole rings is 1. The average Bonchev–Trinajstić information content (AvgIpc) is 2.75. The van der Waals surface area contributed by atoms with Crippen molar-refractivity contribution in [2.24, 2.45) is 5.92 Å². The second-order valence-electron chi connectivity index (χ2n) is 6.05. The van der Waals surface area contributed by atoms with Crippen LogP contribution in [0.3, 0.4) is 0 Å². The summed E-state index contributed by atoms with van der Waals surface area (Å²) in [5.74, 6) is 0.722. The van der Waals surface area contributed by atoms with Crippen LogP contribution in [-0.2, 0) is 0 Å². The van der Waals surface area contributed by atoms with Crippen LogP contribution in [0.25, 0.3) is 0 Å². The minimum atomic E-state index is -0.0198. The summed E-state index contributed by atoms with van der Waals surface area (Å²) in [6.07, 6.45) is 0. The standard InChI is InChI=1S/C14H27N5OS/c1-10(2)9-19(8-7-17(3)4)13(20)11-12(15)16-14(21-11)18(5)6/h10H,7-9,15H2,1-6H3. The fourth-order valence-electron chi connectivity index (χ4n) is 1.85. The highest BCUT2D eigenvalue weighted by molar-refractivity contribution is 7.18. The Labute approximate surface area is 131 Å². The molecule has 0 unspecified atom stereocenters. The number of anilines is 2. The summed E-state index contributed by atoms with van der Waals surface area (Å²) >= 11 is 1.35. The van der Waals surface area contributed by atoms with Crippen molar-refractivity contribution in [3.63, 3.8) is 0 Å². The first-order valence-electron chi connectivity index (χ1n) is 7.10. The topological polar surface area (TPSA) is 65.7 Å². The van der Waals surface area contributed by atoms with Crippen molar-refractivity contribution >= 4 is 28.2 Å². The predicted octanol–water partition coefficient (Wildman–Crippen LogP) is 1.45. The molecular weight excluding hydrogens is 286 g/mol. The monoisotopic (exact) mass is 313 g/mol. The number of aromatic nitrogens is 1. The fourth-order valence-corrected chi connectivity index (χ4v) is 2.72. The predicted molar refractivity (Wildman–Crippen MR) is 90.1 cm³/mol. The molecule has 1 rings (SSSR count). The molecule has 1 aromatic rings. The highest BCUT2D eigenvalue weighted by Crippen LogP contribution is 2.28. The molecule has 0 saturated carbocycles. The van der Waals surface area contributed by atoms with E-state index in [1.54, 1.807) is 0 Å². The maximum absolute atomic E-state index is 12.7. The Bertz CT molecular complexity index is 470. The van der Waals surface area contributed by atoms with Gasteiger partial charge in [0.2, 0.25) is 0 Å². The first kappa shape index (κ1) is 17.7. The van der Waals surface area contributed by atoms with Crippen LogP contribution in [0.4, 0.5) is 10.9 Å². The number of carbonyl (C=O) groups excluding carboxylic acids is 1. The quantitative estimate of drug-likeness (QED) is 0.825. The van der Waals surface area contributed by atoms with Crippen LogP contribution < -0.4 is 10.6 Å². The Morgan fingerprint density at radius 1 is 1.24 bits per heavy atom. The first-order chi connectivity index (χ1) is 9.72. The van der Waals surface area contributed by atoms with E-state index in [1.807, 2.05) is 38.0 Å². The largest absolute Gasteiger partial charge is 0.382 e. The first-order valence-corrected chi connectivity index (χ1v) is 7.91. The van der Waals surface area contributed by atoms with Crippen molar-refractivity contribution in [1.29, 1.82) is 0 Å². The number of carbonyl (C=O) groups is 1. The van der Waals surface area contributed by atoms with Gasteiger partial charge < -0.3 is 20.4 Å². The number of nitrogens with zero attached hydrogens (tertiary/aromatic N) is 4. The molecule has 0 saturated heterocycles. The molecule has 6 nitrogen and oxygen atoms in total. The molecule has 0 radical (unpaired) electrons. The number of nitrogens with two attached hydrogens (primary N) is 1. The molecule has 0 aromatic carbocycles. The van der Waals surface area contributed by atoms with Crippen molar-refractivity contribution in [1.82, 2.24) is 14.8 Å². The minimum Gasteiger partial charge on any atom is -0.382 e. The molecule has 0 aliphatic rings. The molecule has 0 aliphatic heterocycles. The third-order valence-electron chi connectivity index (χ3n) is 2.91. The number of hydrogen-bond donors (Lipinski definition) is 1. The minimum absolute atomic E-state index is 0.0198. The molecule has 0 atom stereocenters. The van der Waals surface area contributed by atoms with E-state index >= 15 is 0 Å². The smallest absolute Gasteiger partial charge is 0.267 e. The SMILES string of the molecule is CC(C)CN(CCN(C)C)C(=O)c1sc(N(C)C)nc1N. The summed E-state index contributed by atoms with van der Waals surface area (Å²) in [6, 6.07) is 0. The van der Waals surface area contributed by atoms with Crippen molar-refractivity contribution in [3.8, 4) is 0 Å². The van der Waals surface area contributed by atoms with Crippen molar-refractivity contribution in [2.75, 3.05) is 58.5 Å². The molecule has 1 amide bonds. The molecule has 7 heteroatoms. The van der Waals surface area contributed by atoms with Crippen LogP contribution in [0.15, 0.2) is 0 Å². The Morgan fingerprint density at radius 3 is 2.29 bits per heavy atom. The summed E-state index contributed by atoms with van der Waals surface area (Å²) < 4.78 is 0. The molecular formula is C14H27N5OS. The lowest BCUT2D eigenvalue weighted by Crippen LogP contribution is -2.38. The van der Waals surface area contributed by atoms with Gasteiger partial charge in [0.15, 0.2) is 5.13 Å². The van der Waals surface area contributed by atoms with Gasteiger partial charge in [-0.15, -0.1) is 0 Å². The lowest BCUT2D eigenvalue weighted by atomic mass is 10.2. The van der Waals surface area contributed by atoms with E-state index in [-0.39, 0.29) is 5.91 Å². The molecule has 1 heterocycles. The molecule has 21 heavy (non-hydrogen) atoms. The zero-order chi connectivity index (χ0) is 16.2. The van der Waals surface area contributed by atoms with Crippen LogP contribution in [0.1, 0.15) is 23.5 Å².